The van der Waals surface area contributed by atoms with E-state index in [4.69, 9.17) is 9.84 Å². The van der Waals surface area contributed by atoms with Crippen LogP contribution in [0.4, 0.5) is 5.69 Å². The van der Waals surface area contributed by atoms with Gasteiger partial charge in [-0.25, -0.2) is 4.79 Å². The maximum absolute atomic E-state index is 11.8. The fourth-order valence-corrected chi connectivity index (χ4v) is 2.43. The largest absolute Gasteiger partial charge is 0.482 e. The normalized spacial score (nSPS) is 10.1. The molecule has 21 heavy (non-hydrogen) atoms. The number of aliphatic carboxylic acids is 1. The molecule has 0 saturated carbocycles. The summed E-state index contributed by atoms with van der Waals surface area (Å²) in [6, 6.07) is 10.6. The van der Waals surface area contributed by atoms with E-state index in [9.17, 15) is 9.59 Å². The van der Waals surface area contributed by atoms with E-state index in [1.807, 2.05) is 17.5 Å². The Kier molecular flexibility index (Phi) is 5.34. The molecule has 1 amide bonds. The second kappa shape index (κ2) is 7.44. The van der Waals surface area contributed by atoms with Crippen molar-refractivity contribution < 1.29 is 19.4 Å². The Balaban J connectivity index is 1.85. The van der Waals surface area contributed by atoms with Gasteiger partial charge in [0.2, 0.25) is 5.91 Å². The first kappa shape index (κ1) is 15.1. The maximum atomic E-state index is 11.8. The number of thiophene rings is 1. The number of carboxylic acids is 1. The minimum absolute atomic E-state index is 0.0845. The third kappa shape index (κ3) is 5.27. The molecule has 0 spiro atoms. The van der Waals surface area contributed by atoms with E-state index in [0.717, 1.165) is 0 Å². The Morgan fingerprint density at radius 2 is 2.10 bits per heavy atom. The molecule has 2 aromatic rings. The van der Waals surface area contributed by atoms with Crippen molar-refractivity contribution in [3.05, 3.63) is 46.7 Å². The molecule has 0 aliphatic rings. The highest BCUT2D eigenvalue weighted by Gasteiger charge is 2.05. The lowest BCUT2D eigenvalue weighted by Gasteiger charge is -2.07. The molecule has 2 N–H and O–H groups in total. The quantitative estimate of drug-likeness (QED) is 0.824. The summed E-state index contributed by atoms with van der Waals surface area (Å²) < 4.78 is 5.06. The molecule has 0 aliphatic heterocycles. The number of nitrogens with one attached hydrogen (secondary N) is 1. The van der Waals surface area contributed by atoms with Crippen LogP contribution in [-0.2, 0) is 16.0 Å². The van der Waals surface area contributed by atoms with Crippen LogP contribution in [0.2, 0.25) is 0 Å². The molecule has 0 unspecified atom stereocenters. The van der Waals surface area contributed by atoms with E-state index in [1.165, 1.54) is 4.88 Å². The van der Waals surface area contributed by atoms with E-state index >= 15 is 0 Å². The molecule has 0 bridgehead atoms. The fraction of sp³-hybridized carbons (Fsp3) is 0.200. The number of amides is 1. The number of aryl methyl sites for hydroxylation is 1. The molecular weight excluding hydrogens is 290 g/mol. The molecule has 1 aromatic carbocycles. The van der Waals surface area contributed by atoms with Gasteiger partial charge in [-0.05, 0) is 30.0 Å². The number of ether oxygens (including phenoxy) is 1. The summed E-state index contributed by atoms with van der Waals surface area (Å²) in [4.78, 5) is 23.5. The summed E-state index contributed by atoms with van der Waals surface area (Å²) in [5.74, 6) is -0.715. The van der Waals surface area contributed by atoms with Crippen molar-refractivity contribution in [3.63, 3.8) is 0 Å². The van der Waals surface area contributed by atoms with E-state index in [1.54, 1.807) is 35.6 Å². The number of rotatable bonds is 7. The molecule has 1 aromatic heterocycles. The molecule has 6 heteroatoms. The van der Waals surface area contributed by atoms with Gasteiger partial charge >= 0.3 is 5.97 Å². The van der Waals surface area contributed by atoms with Crippen molar-refractivity contribution >= 4 is 28.9 Å². The molecule has 0 aliphatic carbocycles. The molecular formula is C15H15NO4S. The first-order valence-corrected chi connectivity index (χ1v) is 7.28. The topological polar surface area (TPSA) is 75.6 Å². The zero-order valence-electron chi connectivity index (χ0n) is 11.2. The average Bonchev–Trinajstić information content (AvgIpc) is 2.97. The molecule has 0 radical (unpaired) electrons. The highest BCUT2D eigenvalue weighted by Crippen LogP contribution is 2.18. The fourth-order valence-electron chi connectivity index (χ4n) is 1.72. The molecule has 0 fully saturated rings. The van der Waals surface area contributed by atoms with Crippen molar-refractivity contribution in [3.8, 4) is 5.75 Å². The lowest BCUT2D eigenvalue weighted by molar-refractivity contribution is -0.139. The number of carbonyl (C=O) groups excluding carboxylic acids is 1. The van der Waals surface area contributed by atoms with Crippen LogP contribution >= 0.6 is 11.3 Å². The molecule has 0 saturated heterocycles. The number of carboxylic acid groups (broad SMARTS) is 1. The van der Waals surface area contributed by atoms with Crippen molar-refractivity contribution in [1.29, 1.82) is 0 Å². The Bertz CT molecular complexity index is 610. The summed E-state index contributed by atoms with van der Waals surface area (Å²) in [5.41, 5.74) is 0.592. The van der Waals surface area contributed by atoms with E-state index in [2.05, 4.69) is 5.32 Å². The van der Waals surface area contributed by atoms with Crippen molar-refractivity contribution in [2.45, 2.75) is 12.8 Å². The van der Waals surface area contributed by atoms with Crippen LogP contribution in [-0.4, -0.2) is 23.6 Å². The third-order valence-electron chi connectivity index (χ3n) is 2.66. The van der Waals surface area contributed by atoms with Crippen LogP contribution in [0.1, 0.15) is 11.3 Å². The number of hydrogen-bond acceptors (Lipinski definition) is 4. The van der Waals surface area contributed by atoms with Crippen molar-refractivity contribution in [2.75, 3.05) is 11.9 Å². The van der Waals surface area contributed by atoms with Crippen LogP contribution in [0.5, 0.6) is 5.75 Å². The monoisotopic (exact) mass is 305 g/mol. The van der Waals surface area contributed by atoms with Gasteiger partial charge in [0.25, 0.3) is 0 Å². The minimum atomic E-state index is -1.04. The molecule has 2 rings (SSSR count). The highest BCUT2D eigenvalue weighted by molar-refractivity contribution is 7.09. The average molecular weight is 305 g/mol. The first-order chi connectivity index (χ1) is 10.1. The summed E-state index contributed by atoms with van der Waals surface area (Å²) in [5, 5.41) is 13.3. The van der Waals surface area contributed by atoms with Gasteiger partial charge in [0.05, 0.1) is 0 Å². The molecule has 1 heterocycles. The van der Waals surface area contributed by atoms with Gasteiger partial charge < -0.3 is 15.2 Å². The SMILES string of the molecule is O=C(O)COc1cccc(NC(=O)CCc2cccs2)c1. The summed E-state index contributed by atoms with van der Waals surface area (Å²) in [7, 11) is 0. The first-order valence-electron chi connectivity index (χ1n) is 6.40. The van der Waals surface area contributed by atoms with Gasteiger partial charge in [-0.15, -0.1) is 11.3 Å². The Labute approximate surface area is 126 Å². The van der Waals surface area contributed by atoms with Crippen molar-refractivity contribution in [1.82, 2.24) is 0 Å². The number of benzene rings is 1. The lowest BCUT2D eigenvalue weighted by Crippen LogP contribution is -2.13. The predicted octanol–water partition coefficient (Wildman–Crippen LogP) is 2.78. The van der Waals surface area contributed by atoms with E-state index in [-0.39, 0.29) is 5.91 Å². The summed E-state index contributed by atoms with van der Waals surface area (Å²) >= 11 is 1.63. The van der Waals surface area contributed by atoms with Gasteiger partial charge in [0.15, 0.2) is 6.61 Å². The van der Waals surface area contributed by atoms with E-state index in [0.29, 0.717) is 24.3 Å². The second-order valence-electron chi connectivity index (χ2n) is 4.34. The zero-order chi connectivity index (χ0) is 15.1. The van der Waals surface area contributed by atoms with Crippen molar-refractivity contribution in [2.24, 2.45) is 0 Å². The van der Waals surface area contributed by atoms with Gasteiger partial charge in [-0.1, -0.05) is 12.1 Å². The zero-order valence-corrected chi connectivity index (χ0v) is 12.1. The minimum Gasteiger partial charge on any atom is -0.482 e. The number of anilines is 1. The standard InChI is InChI=1S/C15H15NO4S/c17-14(7-6-13-5-2-8-21-13)16-11-3-1-4-12(9-11)20-10-15(18)19/h1-5,8-9H,6-7,10H2,(H,16,17)(H,18,19). The summed E-state index contributed by atoms with van der Waals surface area (Å²) in [6.07, 6.45) is 1.11. The number of hydrogen-bond donors (Lipinski definition) is 2. The number of carbonyl (C=O) groups is 2. The molecule has 0 atom stereocenters. The lowest BCUT2D eigenvalue weighted by atomic mass is 10.2. The van der Waals surface area contributed by atoms with Crippen LogP contribution < -0.4 is 10.1 Å². The van der Waals surface area contributed by atoms with Gasteiger partial charge in [0, 0.05) is 23.1 Å². The Morgan fingerprint density at radius 3 is 2.81 bits per heavy atom. The van der Waals surface area contributed by atoms with Crippen LogP contribution in [0.3, 0.4) is 0 Å². The van der Waals surface area contributed by atoms with Gasteiger partial charge in [-0.3, -0.25) is 4.79 Å². The second-order valence-corrected chi connectivity index (χ2v) is 5.37. The maximum Gasteiger partial charge on any atom is 0.341 e. The Hall–Kier alpha value is -2.34. The molecule has 5 nitrogen and oxygen atoms in total. The Morgan fingerprint density at radius 1 is 1.24 bits per heavy atom. The van der Waals surface area contributed by atoms with Crippen LogP contribution in [0.25, 0.3) is 0 Å². The van der Waals surface area contributed by atoms with Crippen LogP contribution in [0, 0.1) is 0 Å². The van der Waals surface area contributed by atoms with Gasteiger partial charge in [-0.2, -0.15) is 0 Å². The predicted molar refractivity (Wildman–Crippen MR) is 80.8 cm³/mol. The third-order valence-corrected chi connectivity index (χ3v) is 3.59. The van der Waals surface area contributed by atoms with E-state index < -0.39 is 12.6 Å². The summed E-state index contributed by atoms with van der Waals surface area (Å²) in [6.45, 7) is -0.407. The van der Waals surface area contributed by atoms with Crippen LogP contribution in [0.15, 0.2) is 41.8 Å². The van der Waals surface area contributed by atoms with Gasteiger partial charge in [0.1, 0.15) is 5.75 Å². The highest BCUT2D eigenvalue weighted by atomic mass is 32.1. The molecule has 110 valence electrons. The smallest absolute Gasteiger partial charge is 0.341 e.